The maximum Gasteiger partial charge on any atom is 0.261 e. The van der Waals surface area contributed by atoms with Gasteiger partial charge in [-0.05, 0) is 53.6 Å². The summed E-state index contributed by atoms with van der Waals surface area (Å²) < 4.78 is 5.58. The molecule has 0 bridgehead atoms. The van der Waals surface area contributed by atoms with E-state index in [1.807, 2.05) is 25.3 Å². The Morgan fingerprint density at radius 2 is 1.93 bits per heavy atom. The Bertz CT molecular complexity index is 1310. The number of amides is 1. The molecule has 4 rings (SSSR count). The first kappa shape index (κ1) is 19.8. The highest BCUT2D eigenvalue weighted by Crippen LogP contribution is 2.33. The lowest BCUT2D eigenvalue weighted by Gasteiger charge is -2.23. The van der Waals surface area contributed by atoms with Crippen LogP contribution in [0.15, 0.2) is 53.6 Å². The van der Waals surface area contributed by atoms with E-state index in [-0.39, 0.29) is 16.4 Å². The predicted molar refractivity (Wildman–Crippen MR) is 121 cm³/mol. The maximum absolute atomic E-state index is 13.1. The fourth-order valence-electron chi connectivity index (χ4n) is 3.68. The van der Waals surface area contributed by atoms with Crippen LogP contribution >= 0.6 is 0 Å². The van der Waals surface area contributed by atoms with Crippen molar-refractivity contribution in [2.75, 3.05) is 11.9 Å². The molecule has 0 unspecified atom stereocenters. The van der Waals surface area contributed by atoms with Crippen molar-refractivity contribution < 1.29 is 9.53 Å². The molecule has 3 N–H and O–H groups in total. The summed E-state index contributed by atoms with van der Waals surface area (Å²) in [6.45, 7) is 8.64. The van der Waals surface area contributed by atoms with Gasteiger partial charge in [0.05, 0.1) is 17.5 Å². The molecule has 0 atom stereocenters. The van der Waals surface area contributed by atoms with Crippen LogP contribution in [0.5, 0.6) is 5.75 Å². The number of nitrogens with one attached hydrogen (secondary N) is 3. The number of rotatable bonds is 4. The highest BCUT2D eigenvalue weighted by atomic mass is 16.5. The van der Waals surface area contributed by atoms with E-state index in [0.717, 1.165) is 16.5 Å². The van der Waals surface area contributed by atoms with Crippen molar-refractivity contribution in [2.24, 2.45) is 0 Å². The normalized spacial score (nSPS) is 11.7. The zero-order valence-corrected chi connectivity index (χ0v) is 17.6. The molecule has 0 aliphatic heterocycles. The minimum absolute atomic E-state index is 0.0580. The van der Waals surface area contributed by atoms with E-state index in [4.69, 9.17) is 4.74 Å². The minimum atomic E-state index is -0.448. The number of ether oxygens (including phenoxy) is 1. The van der Waals surface area contributed by atoms with Gasteiger partial charge in [0.15, 0.2) is 0 Å². The zero-order chi connectivity index (χ0) is 21.5. The SMILES string of the molecule is CCOc1cccc2c(=O)c(C(=O)Nc3cc4[nH]ccc4cc3C(C)(C)C)c[nH]c12. The number of carbonyl (C=O) groups is 1. The molecule has 30 heavy (non-hydrogen) atoms. The first-order valence-corrected chi connectivity index (χ1v) is 9.99. The van der Waals surface area contributed by atoms with Gasteiger partial charge in [0.2, 0.25) is 5.43 Å². The van der Waals surface area contributed by atoms with E-state index in [9.17, 15) is 9.59 Å². The fraction of sp³-hybridized carbons (Fsp3) is 0.250. The first-order valence-electron chi connectivity index (χ1n) is 9.99. The highest BCUT2D eigenvalue weighted by molar-refractivity contribution is 6.07. The smallest absolute Gasteiger partial charge is 0.261 e. The number of pyridine rings is 1. The number of H-pyrrole nitrogens is 2. The molecule has 2 heterocycles. The van der Waals surface area contributed by atoms with Gasteiger partial charge in [-0.2, -0.15) is 0 Å². The number of hydrogen-bond acceptors (Lipinski definition) is 3. The number of fused-ring (bicyclic) bond motifs is 2. The maximum atomic E-state index is 13.1. The zero-order valence-electron chi connectivity index (χ0n) is 17.6. The topological polar surface area (TPSA) is 87.0 Å². The van der Waals surface area contributed by atoms with Gasteiger partial charge in [-0.25, -0.2) is 0 Å². The lowest BCUT2D eigenvalue weighted by atomic mass is 9.85. The fourth-order valence-corrected chi connectivity index (χ4v) is 3.68. The Hall–Kier alpha value is -3.54. The average molecular weight is 403 g/mol. The molecule has 0 radical (unpaired) electrons. The van der Waals surface area contributed by atoms with Gasteiger partial charge in [-0.3, -0.25) is 9.59 Å². The second-order valence-corrected chi connectivity index (χ2v) is 8.31. The molecule has 0 aliphatic carbocycles. The number of aromatic amines is 2. The van der Waals surface area contributed by atoms with Crippen LogP contribution in [0, 0.1) is 0 Å². The summed E-state index contributed by atoms with van der Waals surface area (Å²) >= 11 is 0. The molecule has 154 valence electrons. The van der Waals surface area contributed by atoms with Crippen molar-refractivity contribution in [2.45, 2.75) is 33.1 Å². The van der Waals surface area contributed by atoms with Gasteiger partial charge in [-0.1, -0.05) is 26.8 Å². The summed E-state index contributed by atoms with van der Waals surface area (Å²) in [4.78, 5) is 32.3. The third-order valence-electron chi connectivity index (χ3n) is 5.17. The number of hydrogen-bond donors (Lipinski definition) is 3. The summed E-state index contributed by atoms with van der Waals surface area (Å²) in [5.74, 6) is 0.141. The van der Waals surface area contributed by atoms with E-state index < -0.39 is 5.91 Å². The predicted octanol–water partition coefficient (Wildman–Crippen LogP) is 4.96. The molecule has 2 aromatic heterocycles. The molecule has 0 spiro atoms. The number of anilines is 1. The Kier molecular flexibility index (Phi) is 4.86. The second kappa shape index (κ2) is 7.37. The Balaban J connectivity index is 1.77. The van der Waals surface area contributed by atoms with Crippen molar-refractivity contribution in [1.29, 1.82) is 0 Å². The van der Waals surface area contributed by atoms with Crippen LogP contribution in [0.3, 0.4) is 0 Å². The molecule has 0 fully saturated rings. The van der Waals surface area contributed by atoms with Crippen LogP contribution in [0.2, 0.25) is 0 Å². The summed E-state index contributed by atoms with van der Waals surface area (Å²) in [5, 5.41) is 4.45. The van der Waals surface area contributed by atoms with E-state index >= 15 is 0 Å². The van der Waals surface area contributed by atoms with Gasteiger partial charge in [0, 0.05) is 23.6 Å². The quantitative estimate of drug-likeness (QED) is 0.450. The van der Waals surface area contributed by atoms with Gasteiger partial charge in [0.25, 0.3) is 5.91 Å². The average Bonchev–Trinajstić information content (AvgIpc) is 3.15. The number of aromatic nitrogens is 2. The molecule has 1 amide bonds. The third kappa shape index (κ3) is 3.45. The van der Waals surface area contributed by atoms with Gasteiger partial charge in [-0.15, -0.1) is 0 Å². The van der Waals surface area contributed by atoms with Gasteiger partial charge < -0.3 is 20.0 Å². The van der Waals surface area contributed by atoms with Crippen LogP contribution in [-0.4, -0.2) is 22.5 Å². The van der Waals surface area contributed by atoms with E-state index in [2.05, 4.69) is 42.1 Å². The number of para-hydroxylation sites is 1. The monoisotopic (exact) mass is 403 g/mol. The van der Waals surface area contributed by atoms with Gasteiger partial charge in [0.1, 0.15) is 11.3 Å². The minimum Gasteiger partial charge on any atom is -0.492 e. The summed E-state index contributed by atoms with van der Waals surface area (Å²) in [5.41, 5.74) is 2.74. The van der Waals surface area contributed by atoms with Crippen molar-refractivity contribution in [3.8, 4) is 5.75 Å². The molecule has 6 heteroatoms. The van der Waals surface area contributed by atoms with E-state index in [1.165, 1.54) is 6.20 Å². The van der Waals surface area contributed by atoms with Gasteiger partial charge >= 0.3 is 0 Å². The second-order valence-electron chi connectivity index (χ2n) is 8.31. The first-order chi connectivity index (χ1) is 14.3. The molecular formula is C24H25N3O3. The Morgan fingerprint density at radius 3 is 2.67 bits per heavy atom. The third-order valence-corrected chi connectivity index (χ3v) is 5.17. The lowest BCUT2D eigenvalue weighted by Crippen LogP contribution is -2.24. The van der Waals surface area contributed by atoms with E-state index in [0.29, 0.717) is 28.9 Å². The summed E-state index contributed by atoms with van der Waals surface area (Å²) in [7, 11) is 0. The molecule has 6 nitrogen and oxygen atoms in total. The van der Waals surface area contributed by atoms with E-state index in [1.54, 1.807) is 18.2 Å². The molecule has 0 aliphatic rings. The van der Waals surface area contributed by atoms with Crippen molar-refractivity contribution >= 4 is 33.4 Å². The molecule has 2 aromatic carbocycles. The van der Waals surface area contributed by atoms with Crippen LogP contribution in [0.4, 0.5) is 5.69 Å². The lowest BCUT2D eigenvalue weighted by molar-refractivity contribution is 0.102. The molecule has 4 aromatic rings. The highest BCUT2D eigenvalue weighted by Gasteiger charge is 2.22. The van der Waals surface area contributed by atoms with Crippen molar-refractivity contribution in [3.05, 3.63) is 70.1 Å². The Labute approximate surface area is 174 Å². The van der Waals surface area contributed by atoms with Crippen LogP contribution in [0.1, 0.15) is 43.6 Å². The number of benzene rings is 2. The molecular weight excluding hydrogens is 378 g/mol. The van der Waals surface area contributed by atoms with Crippen molar-refractivity contribution in [1.82, 2.24) is 9.97 Å². The molecule has 0 saturated heterocycles. The van der Waals surface area contributed by atoms with Crippen LogP contribution in [-0.2, 0) is 5.41 Å². The largest absolute Gasteiger partial charge is 0.492 e. The van der Waals surface area contributed by atoms with Crippen LogP contribution < -0.4 is 15.5 Å². The van der Waals surface area contributed by atoms with Crippen LogP contribution in [0.25, 0.3) is 21.8 Å². The molecule has 0 saturated carbocycles. The Morgan fingerprint density at radius 1 is 1.13 bits per heavy atom. The summed E-state index contributed by atoms with van der Waals surface area (Å²) in [6, 6.07) is 11.2. The van der Waals surface area contributed by atoms with Crippen molar-refractivity contribution in [3.63, 3.8) is 0 Å². The standard InChI is InChI=1S/C24H25N3O3/c1-5-30-20-8-6-7-15-21(20)26-13-16(22(15)28)23(29)27-19-12-18-14(9-10-25-18)11-17(19)24(2,3)4/h6-13,25H,5H2,1-4H3,(H,26,28)(H,27,29). The summed E-state index contributed by atoms with van der Waals surface area (Å²) in [6.07, 6.45) is 3.32. The number of carbonyl (C=O) groups excluding carboxylic acids is 1.